The van der Waals surface area contributed by atoms with Crippen molar-refractivity contribution in [2.24, 2.45) is 0 Å². The quantitative estimate of drug-likeness (QED) is 0.151. The molecular formula is C36H43N3O3. The van der Waals surface area contributed by atoms with Crippen molar-refractivity contribution in [2.75, 3.05) is 62.2 Å². The van der Waals surface area contributed by atoms with Gasteiger partial charge in [-0.05, 0) is 78.1 Å². The van der Waals surface area contributed by atoms with Crippen LogP contribution in [0.3, 0.4) is 0 Å². The largest absolute Gasteiger partial charge is 0.497 e. The highest BCUT2D eigenvalue weighted by atomic mass is 16.5. The van der Waals surface area contributed by atoms with E-state index in [-0.39, 0.29) is 0 Å². The van der Waals surface area contributed by atoms with Crippen molar-refractivity contribution in [3.63, 3.8) is 0 Å². The molecule has 5 rings (SSSR count). The van der Waals surface area contributed by atoms with E-state index < -0.39 is 0 Å². The molecule has 4 aromatic carbocycles. The second-order valence-corrected chi connectivity index (χ2v) is 11.0. The monoisotopic (exact) mass is 565 g/mol. The van der Waals surface area contributed by atoms with Gasteiger partial charge in [-0.3, -0.25) is 0 Å². The lowest BCUT2D eigenvalue weighted by atomic mass is 10.1. The van der Waals surface area contributed by atoms with Crippen LogP contribution in [-0.4, -0.2) is 47.5 Å². The maximum Gasteiger partial charge on any atom is 0.121 e. The van der Waals surface area contributed by atoms with Crippen LogP contribution in [-0.2, 0) is 24.4 Å². The Morgan fingerprint density at radius 3 is 2.10 bits per heavy atom. The molecule has 0 aliphatic carbocycles. The molecule has 1 fully saturated rings. The van der Waals surface area contributed by atoms with Gasteiger partial charge in [-0.15, -0.1) is 0 Å². The summed E-state index contributed by atoms with van der Waals surface area (Å²) in [6, 6.07) is 34.2. The summed E-state index contributed by atoms with van der Waals surface area (Å²) in [7, 11) is 5.77. The molecule has 42 heavy (non-hydrogen) atoms. The number of benzene rings is 4. The van der Waals surface area contributed by atoms with Gasteiger partial charge >= 0.3 is 0 Å². The number of anilines is 3. The highest BCUT2D eigenvalue weighted by Crippen LogP contribution is 2.25. The normalized spacial score (nSPS) is 12.8. The molecule has 0 atom stereocenters. The van der Waals surface area contributed by atoms with E-state index in [9.17, 15) is 0 Å². The molecule has 1 saturated heterocycles. The molecule has 6 heteroatoms. The average Bonchev–Trinajstić information content (AvgIpc) is 3.57. The summed E-state index contributed by atoms with van der Waals surface area (Å²) in [6.45, 7) is 5.52. The molecule has 0 aromatic heterocycles. The minimum atomic E-state index is 0.514. The summed E-state index contributed by atoms with van der Waals surface area (Å²) in [5.41, 5.74) is 7.27. The van der Waals surface area contributed by atoms with Crippen LogP contribution in [0.25, 0.3) is 0 Å². The summed E-state index contributed by atoms with van der Waals surface area (Å²) in [5, 5.41) is 0. The molecule has 0 bridgehead atoms. The average molecular weight is 566 g/mol. The summed E-state index contributed by atoms with van der Waals surface area (Å²) in [6.07, 6.45) is 2.58. The number of hydrogen-bond acceptors (Lipinski definition) is 6. The van der Waals surface area contributed by atoms with Gasteiger partial charge in [0.1, 0.15) is 18.1 Å². The van der Waals surface area contributed by atoms with Crippen LogP contribution in [0.4, 0.5) is 17.1 Å². The number of ether oxygens (including phenoxy) is 3. The third-order valence-corrected chi connectivity index (χ3v) is 7.69. The topological polar surface area (TPSA) is 37.4 Å². The van der Waals surface area contributed by atoms with Crippen molar-refractivity contribution in [1.82, 2.24) is 0 Å². The van der Waals surface area contributed by atoms with E-state index in [4.69, 9.17) is 14.2 Å². The second kappa shape index (κ2) is 14.6. The van der Waals surface area contributed by atoms with Gasteiger partial charge in [-0.25, -0.2) is 0 Å². The maximum absolute atomic E-state index is 5.92. The highest BCUT2D eigenvalue weighted by molar-refractivity contribution is 5.52. The van der Waals surface area contributed by atoms with Crippen LogP contribution in [0.5, 0.6) is 11.5 Å². The van der Waals surface area contributed by atoms with Gasteiger partial charge in [0.25, 0.3) is 0 Å². The molecule has 1 heterocycles. The zero-order valence-electron chi connectivity index (χ0n) is 25.2. The Morgan fingerprint density at radius 1 is 0.667 bits per heavy atom. The van der Waals surface area contributed by atoms with E-state index >= 15 is 0 Å². The second-order valence-electron chi connectivity index (χ2n) is 11.0. The lowest BCUT2D eigenvalue weighted by Gasteiger charge is -2.26. The molecule has 0 spiro atoms. The summed E-state index contributed by atoms with van der Waals surface area (Å²) < 4.78 is 17.3. The summed E-state index contributed by atoms with van der Waals surface area (Å²) in [4.78, 5) is 6.96. The van der Waals surface area contributed by atoms with Gasteiger partial charge in [0.05, 0.1) is 20.3 Å². The smallest absolute Gasteiger partial charge is 0.121 e. The fourth-order valence-electron chi connectivity index (χ4n) is 5.30. The van der Waals surface area contributed by atoms with E-state index in [1.165, 1.54) is 35.3 Å². The Bertz CT molecular complexity index is 1380. The third kappa shape index (κ3) is 8.20. The SMILES string of the molecule is COc1cccc(CN(Cc2ccc(N3CCCC3)cc2)c2ccc(COCCOc3cccc(N(C)C)c3)cc2)c1. The van der Waals surface area contributed by atoms with Gasteiger partial charge in [0, 0.05) is 63.4 Å². The minimum Gasteiger partial charge on any atom is -0.497 e. The van der Waals surface area contributed by atoms with Gasteiger partial charge in [-0.2, -0.15) is 0 Å². The predicted molar refractivity (Wildman–Crippen MR) is 173 cm³/mol. The molecule has 0 amide bonds. The van der Waals surface area contributed by atoms with Crippen LogP contribution in [0, 0.1) is 0 Å². The van der Waals surface area contributed by atoms with Crippen molar-refractivity contribution in [2.45, 2.75) is 32.5 Å². The van der Waals surface area contributed by atoms with Crippen LogP contribution in [0.2, 0.25) is 0 Å². The fourth-order valence-corrected chi connectivity index (χ4v) is 5.30. The molecule has 1 aliphatic rings. The summed E-state index contributed by atoms with van der Waals surface area (Å²) in [5.74, 6) is 1.74. The molecule has 4 aromatic rings. The number of rotatable bonds is 14. The third-order valence-electron chi connectivity index (χ3n) is 7.69. The lowest BCUT2D eigenvalue weighted by Crippen LogP contribution is -2.22. The Labute approximate surface area is 251 Å². The first-order chi connectivity index (χ1) is 20.6. The van der Waals surface area contributed by atoms with Crippen LogP contribution in [0.1, 0.15) is 29.5 Å². The standard InChI is InChI=1S/C36H43N3O3/c1-37(2)34-9-7-11-36(25-34)42-23-22-41-28-30-14-18-33(19-15-30)39(27-31-8-6-10-35(24-31)40-3)26-29-12-16-32(17-13-29)38-20-4-5-21-38/h6-19,24-25H,4-5,20-23,26-28H2,1-3H3. The molecular weight excluding hydrogens is 522 g/mol. The first kappa shape index (κ1) is 29.3. The molecule has 220 valence electrons. The zero-order valence-corrected chi connectivity index (χ0v) is 25.2. The molecule has 0 saturated carbocycles. The maximum atomic E-state index is 5.92. The molecule has 0 N–H and O–H groups in total. The van der Waals surface area contributed by atoms with Crippen LogP contribution >= 0.6 is 0 Å². The lowest BCUT2D eigenvalue weighted by molar-refractivity contribution is 0.0889. The van der Waals surface area contributed by atoms with E-state index in [1.54, 1.807) is 7.11 Å². The Balaban J connectivity index is 1.19. The van der Waals surface area contributed by atoms with Crippen molar-refractivity contribution in [1.29, 1.82) is 0 Å². The molecule has 1 aliphatic heterocycles. The van der Waals surface area contributed by atoms with Gasteiger partial charge < -0.3 is 28.9 Å². The first-order valence-electron chi connectivity index (χ1n) is 14.9. The van der Waals surface area contributed by atoms with Crippen molar-refractivity contribution in [3.8, 4) is 11.5 Å². The van der Waals surface area contributed by atoms with Gasteiger partial charge in [0.2, 0.25) is 0 Å². The zero-order chi connectivity index (χ0) is 29.1. The van der Waals surface area contributed by atoms with E-state index in [0.717, 1.165) is 48.9 Å². The fraction of sp³-hybridized carbons (Fsp3) is 0.333. The summed E-state index contributed by atoms with van der Waals surface area (Å²) >= 11 is 0. The number of nitrogens with zero attached hydrogens (tertiary/aromatic N) is 3. The molecule has 0 radical (unpaired) electrons. The number of hydrogen-bond donors (Lipinski definition) is 0. The van der Waals surface area contributed by atoms with Gasteiger partial charge in [-0.1, -0.05) is 42.5 Å². The number of methoxy groups -OCH3 is 1. The van der Waals surface area contributed by atoms with Crippen molar-refractivity contribution < 1.29 is 14.2 Å². The predicted octanol–water partition coefficient (Wildman–Crippen LogP) is 7.16. The molecule has 6 nitrogen and oxygen atoms in total. The van der Waals surface area contributed by atoms with E-state index in [0.29, 0.717) is 19.8 Å². The Morgan fingerprint density at radius 2 is 1.36 bits per heavy atom. The van der Waals surface area contributed by atoms with Crippen LogP contribution in [0.15, 0.2) is 97.1 Å². The van der Waals surface area contributed by atoms with E-state index in [2.05, 4.69) is 87.5 Å². The Hall–Kier alpha value is -4.16. The van der Waals surface area contributed by atoms with Crippen molar-refractivity contribution in [3.05, 3.63) is 114 Å². The van der Waals surface area contributed by atoms with Gasteiger partial charge in [0.15, 0.2) is 0 Å². The van der Waals surface area contributed by atoms with Crippen LogP contribution < -0.4 is 24.2 Å². The minimum absolute atomic E-state index is 0.514. The molecule has 0 unspecified atom stereocenters. The first-order valence-corrected chi connectivity index (χ1v) is 14.9. The van der Waals surface area contributed by atoms with Crippen molar-refractivity contribution >= 4 is 17.1 Å². The Kier molecular flexibility index (Phi) is 10.2. The van der Waals surface area contributed by atoms with E-state index in [1.807, 2.05) is 38.4 Å². The highest BCUT2D eigenvalue weighted by Gasteiger charge is 2.14.